The van der Waals surface area contributed by atoms with Crippen molar-refractivity contribution in [3.8, 4) is 0 Å². The third-order valence-corrected chi connectivity index (χ3v) is 7.07. The molecule has 1 aliphatic heterocycles. The molecule has 5 heteroatoms. The van der Waals surface area contributed by atoms with E-state index in [4.69, 9.17) is 4.74 Å². The molecule has 1 fully saturated rings. The van der Waals surface area contributed by atoms with Gasteiger partial charge in [-0.25, -0.2) is 0 Å². The number of carbonyl (C=O) groups is 2. The first kappa shape index (κ1) is 26.6. The van der Waals surface area contributed by atoms with E-state index < -0.39 is 6.04 Å². The maximum absolute atomic E-state index is 14.1. The van der Waals surface area contributed by atoms with Crippen LogP contribution in [0.1, 0.15) is 53.4 Å². The second kappa shape index (κ2) is 11.7. The van der Waals surface area contributed by atoms with Crippen LogP contribution in [-0.2, 0) is 27.9 Å². The summed E-state index contributed by atoms with van der Waals surface area (Å²) in [7, 11) is 0. The van der Waals surface area contributed by atoms with E-state index in [-0.39, 0.29) is 17.2 Å². The van der Waals surface area contributed by atoms with E-state index in [9.17, 15) is 9.59 Å². The Balaban J connectivity index is 1.74. The molecule has 0 saturated carbocycles. The van der Waals surface area contributed by atoms with E-state index in [1.807, 2.05) is 66.4 Å². The summed E-state index contributed by atoms with van der Waals surface area (Å²) >= 11 is 0. The van der Waals surface area contributed by atoms with E-state index in [2.05, 4.69) is 45.0 Å². The number of ether oxygens (including phenoxy) is 1. The van der Waals surface area contributed by atoms with E-state index in [0.717, 1.165) is 16.7 Å². The van der Waals surface area contributed by atoms with E-state index in [1.165, 1.54) is 5.56 Å². The summed E-state index contributed by atoms with van der Waals surface area (Å²) in [6.45, 7) is 11.0. The number of aryl methyl sites for hydroxylation is 1. The highest BCUT2D eigenvalue weighted by molar-refractivity contribution is 5.98. The molecule has 1 saturated heterocycles. The van der Waals surface area contributed by atoms with Gasteiger partial charge in [0.05, 0.1) is 13.2 Å². The van der Waals surface area contributed by atoms with Gasteiger partial charge in [-0.05, 0) is 40.7 Å². The lowest BCUT2D eigenvalue weighted by molar-refractivity contribution is -0.140. The fourth-order valence-electron chi connectivity index (χ4n) is 4.76. The maximum Gasteiger partial charge on any atom is 0.255 e. The van der Waals surface area contributed by atoms with Crippen LogP contribution < -0.4 is 0 Å². The topological polar surface area (TPSA) is 49.9 Å². The zero-order valence-corrected chi connectivity index (χ0v) is 22.4. The highest BCUT2D eigenvalue weighted by Crippen LogP contribution is 2.25. The number of rotatable bonds is 7. The van der Waals surface area contributed by atoms with Crippen molar-refractivity contribution in [2.45, 2.75) is 52.1 Å². The number of hydrogen-bond acceptors (Lipinski definition) is 3. The standard InChI is InChI=1S/C32H38N2O3/c1-24-10-8-9-13-28(24)30(35)34(23-26-14-16-27(17-15-26)32(2,3)4)29(22-25-11-6-5-7-12-25)31(36)33-18-20-37-21-19-33/h5-17,29H,18-23H2,1-4H3. The lowest BCUT2D eigenvalue weighted by Gasteiger charge is -2.37. The molecule has 3 aromatic rings. The van der Waals surface area contributed by atoms with Gasteiger partial charge in [-0.3, -0.25) is 9.59 Å². The SMILES string of the molecule is Cc1ccccc1C(=O)N(Cc1ccc(C(C)(C)C)cc1)C(Cc1ccccc1)C(=O)N1CCOCC1. The summed E-state index contributed by atoms with van der Waals surface area (Å²) in [6, 6.07) is 25.4. The predicted octanol–water partition coefficient (Wildman–Crippen LogP) is 5.41. The molecule has 0 N–H and O–H groups in total. The average Bonchev–Trinajstić information content (AvgIpc) is 2.91. The van der Waals surface area contributed by atoms with Crippen LogP contribution in [-0.4, -0.2) is 54.0 Å². The summed E-state index contributed by atoms with van der Waals surface area (Å²) in [6.07, 6.45) is 0.453. The lowest BCUT2D eigenvalue weighted by atomic mass is 9.86. The van der Waals surface area contributed by atoms with Crippen LogP contribution in [0.15, 0.2) is 78.9 Å². The molecule has 5 nitrogen and oxygen atoms in total. The van der Waals surface area contributed by atoms with Gasteiger partial charge in [0, 0.05) is 31.6 Å². The van der Waals surface area contributed by atoms with Gasteiger partial charge < -0.3 is 14.5 Å². The van der Waals surface area contributed by atoms with Gasteiger partial charge in [0.1, 0.15) is 6.04 Å². The quantitative estimate of drug-likeness (QED) is 0.438. The number of carbonyl (C=O) groups excluding carboxylic acids is 2. The van der Waals surface area contributed by atoms with Crippen molar-refractivity contribution in [3.63, 3.8) is 0 Å². The monoisotopic (exact) mass is 498 g/mol. The molecule has 0 aromatic heterocycles. The summed E-state index contributed by atoms with van der Waals surface area (Å²) in [5, 5.41) is 0. The molecule has 194 valence electrons. The third-order valence-electron chi connectivity index (χ3n) is 7.07. The minimum absolute atomic E-state index is 0.0274. The molecule has 2 amide bonds. The second-order valence-corrected chi connectivity index (χ2v) is 10.8. The smallest absolute Gasteiger partial charge is 0.255 e. The number of benzene rings is 3. The Morgan fingerprint density at radius 3 is 2.11 bits per heavy atom. The second-order valence-electron chi connectivity index (χ2n) is 10.8. The lowest BCUT2D eigenvalue weighted by Crippen LogP contribution is -2.54. The molecule has 0 bridgehead atoms. The molecule has 1 aliphatic rings. The minimum Gasteiger partial charge on any atom is -0.378 e. The molecule has 1 heterocycles. The number of amides is 2. The first-order valence-corrected chi connectivity index (χ1v) is 13.1. The summed E-state index contributed by atoms with van der Waals surface area (Å²) in [5.41, 5.74) is 4.83. The molecule has 3 aromatic carbocycles. The molecule has 1 atom stereocenters. The van der Waals surface area contributed by atoms with Crippen molar-refractivity contribution in [3.05, 3.63) is 107 Å². The Morgan fingerprint density at radius 2 is 1.49 bits per heavy atom. The Labute approximate surface area is 221 Å². The molecule has 37 heavy (non-hydrogen) atoms. The molecule has 1 unspecified atom stereocenters. The zero-order chi connectivity index (χ0) is 26.4. The summed E-state index contributed by atoms with van der Waals surface area (Å²) in [4.78, 5) is 31.8. The van der Waals surface area contributed by atoms with E-state index in [1.54, 1.807) is 4.90 Å². The normalized spacial score (nSPS) is 14.8. The van der Waals surface area contributed by atoms with Crippen molar-refractivity contribution in [2.24, 2.45) is 0 Å². The fraction of sp³-hybridized carbons (Fsp3) is 0.375. The van der Waals surface area contributed by atoms with E-state index >= 15 is 0 Å². The van der Waals surface area contributed by atoms with Gasteiger partial charge in [0.25, 0.3) is 5.91 Å². The van der Waals surface area contributed by atoms with Gasteiger partial charge >= 0.3 is 0 Å². The number of morpholine rings is 1. The predicted molar refractivity (Wildman–Crippen MR) is 148 cm³/mol. The number of nitrogens with zero attached hydrogens (tertiary/aromatic N) is 2. The van der Waals surface area contributed by atoms with Crippen LogP contribution in [0, 0.1) is 6.92 Å². The van der Waals surface area contributed by atoms with Gasteiger partial charge in [0.15, 0.2) is 0 Å². The molecular formula is C32H38N2O3. The summed E-state index contributed by atoms with van der Waals surface area (Å²) in [5.74, 6) is -0.152. The first-order chi connectivity index (χ1) is 17.7. The molecular weight excluding hydrogens is 460 g/mol. The maximum atomic E-state index is 14.1. The fourth-order valence-corrected chi connectivity index (χ4v) is 4.76. The van der Waals surface area contributed by atoms with Crippen LogP contribution in [0.2, 0.25) is 0 Å². The van der Waals surface area contributed by atoms with Crippen LogP contribution in [0.25, 0.3) is 0 Å². The van der Waals surface area contributed by atoms with Crippen LogP contribution in [0.4, 0.5) is 0 Å². The molecule has 4 rings (SSSR count). The highest BCUT2D eigenvalue weighted by Gasteiger charge is 2.35. The van der Waals surface area contributed by atoms with Crippen LogP contribution in [0.3, 0.4) is 0 Å². The van der Waals surface area contributed by atoms with Crippen LogP contribution >= 0.6 is 0 Å². The minimum atomic E-state index is -0.630. The van der Waals surface area contributed by atoms with Gasteiger partial charge in [-0.2, -0.15) is 0 Å². The average molecular weight is 499 g/mol. The van der Waals surface area contributed by atoms with Gasteiger partial charge in [0.2, 0.25) is 5.91 Å². The Bertz CT molecular complexity index is 1190. The van der Waals surface area contributed by atoms with Crippen molar-refractivity contribution in [1.29, 1.82) is 0 Å². The summed E-state index contributed by atoms with van der Waals surface area (Å²) < 4.78 is 5.50. The van der Waals surface area contributed by atoms with Gasteiger partial charge in [-0.15, -0.1) is 0 Å². The molecule has 0 spiro atoms. The Morgan fingerprint density at radius 1 is 0.865 bits per heavy atom. The Kier molecular flexibility index (Phi) is 8.45. The first-order valence-electron chi connectivity index (χ1n) is 13.1. The van der Waals surface area contributed by atoms with Crippen molar-refractivity contribution >= 4 is 11.8 Å². The molecule has 0 aliphatic carbocycles. The molecule has 0 radical (unpaired) electrons. The van der Waals surface area contributed by atoms with Crippen molar-refractivity contribution in [2.75, 3.05) is 26.3 Å². The number of hydrogen-bond donors (Lipinski definition) is 0. The zero-order valence-electron chi connectivity index (χ0n) is 22.4. The Hall–Kier alpha value is -3.44. The van der Waals surface area contributed by atoms with Crippen molar-refractivity contribution in [1.82, 2.24) is 9.80 Å². The van der Waals surface area contributed by atoms with Crippen molar-refractivity contribution < 1.29 is 14.3 Å². The highest BCUT2D eigenvalue weighted by atomic mass is 16.5. The third kappa shape index (κ3) is 6.66. The largest absolute Gasteiger partial charge is 0.378 e. The van der Waals surface area contributed by atoms with Gasteiger partial charge in [-0.1, -0.05) is 93.6 Å². The van der Waals surface area contributed by atoms with E-state index in [0.29, 0.717) is 44.8 Å². The van der Waals surface area contributed by atoms with Crippen LogP contribution in [0.5, 0.6) is 0 Å².